The molecule has 0 unspecified atom stereocenters. The van der Waals surface area contributed by atoms with Crippen LogP contribution in [0.1, 0.15) is 41.2 Å². The number of anilines is 1. The maximum Gasteiger partial charge on any atom is 0.338 e. The number of carbonyl (C=O) groups excluding carboxylic acids is 2. The van der Waals surface area contributed by atoms with E-state index in [1.807, 2.05) is 81.4 Å². The van der Waals surface area contributed by atoms with Crippen LogP contribution < -0.4 is 5.01 Å². The summed E-state index contributed by atoms with van der Waals surface area (Å²) < 4.78 is 7.20. The van der Waals surface area contributed by atoms with Crippen molar-refractivity contribution in [2.45, 2.75) is 27.7 Å². The van der Waals surface area contributed by atoms with Gasteiger partial charge in [-0.3, -0.25) is 4.79 Å². The lowest BCUT2D eigenvalue weighted by molar-refractivity contribution is -0.114. The highest BCUT2D eigenvalue weighted by Gasteiger charge is 2.29. The second-order valence-corrected chi connectivity index (χ2v) is 7.63. The zero-order valence-electron chi connectivity index (χ0n) is 18.6. The molecule has 0 N–H and O–H groups in total. The van der Waals surface area contributed by atoms with Gasteiger partial charge in [-0.1, -0.05) is 24.3 Å². The Morgan fingerprint density at radius 3 is 2.44 bits per heavy atom. The molecule has 0 saturated heterocycles. The average Bonchev–Trinajstić information content (AvgIpc) is 3.24. The summed E-state index contributed by atoms with van der Waals surface area (Å²) in [7, 11) is 0. The molecule has 0 fully saturated rings. The number of aromatic nitrogens is 1. The van der Waals surface area contributed by atoms with Crippen LogP contribution in [0.4, 0.5) is 5.69 Å². The number of hydrazone groups is 1. The molecule has 2 heterocycles. The van der Waals surface area contributed by atoms with Crippen molar-refractivity contribution in [3.05, 3.63) is 88.8 Å². The Balaban J connectivity index is 1.70. The van der Waals surface area contributed by atoms with Crippen molar-refractivity contribution in [1.82, 2.24) is 4.57 Å². The van der Waals surface area contributed by atoms with Gasteiger partial charge in [-0.05, 0) is 75.7 Å². The second-order valence-electron chi connectivity index (χ2n) is 7.63. The summed E-state index contributed by atoms with van der Waals surface area (Å²) in [5, 5.41) is 5.89. The maximum atomic E-state index is 13.1. The highest BCUT2D eigenvalue weighted by Crippen LogP contribution is 2.28. The third-order valence-corrected chi connectivity index (χ3v) is 5.45. The van der Waals surface area contributed by atoms with E-state index in [1.165, 1.54) is 5.01 Å². The smallest absolute Gasteiger partial charge is 0.338 e. The fraction of sp³-hybridized carbons (Fsp3) is 0.192. The van der Waals surface area contributed by atoms with Gasteiger partial charge in [0.15, 0.2) is 0 Å². The summed E-state index contributed by atoms with van der Waals surface area (Å²) in [6.07, 6.45) is 1.89. The Morgan fingerprint density at radius 1 is 1.00 bits per heavy atom. The molecule has 0 radical (unpaired) electrons. The fourth-order valence-electron chi connectivity index (χ4n) is 3.90. The van der Waals surface area contributed by atoms with Crippen LogP contribution in [0.3, 0.4) is 0 Å². The topological polar surface area (TPSA) is 63.9 Å². The summed E-state index contributed by atoms with van der Waals surface area (Å²) in [4.78, 5) is 25.2. The molecule has 6 nitrogen and oxygen atoms in total. The second kappa shape index (κ2) is 8.67. The van der Waals surface area contributed by atoms with E-state index in [-0.39, 0.29) is 11.9 Å². The summed E-state index contributed by atoms with van der Waals surface area (Å²) in [5.41, 5.74) is 6.24. The Kier molecular flexibility index (Phi) is 5.77. The van der Waals surface area contributed by atoms with Crippen LogP contribution >= 0.6 is 0 Å². The molecule has 32 heavy (non-hydrogen) atoms. The number of rotatable bonds is 5. The Morgan fingerprint density at radius 2 is 1.72 bits per heavy atom. The minimum absolute atomic E-state index is 0.150. The van der Waals surface area contributed by atoms with Crippen molar-refractivity contribution in [3.63, 3.8) is 0 Å². The SMILES string of the molecule is CCOC(=O)c1cccc(-n2c(C)cc(C=C3C(=O)N(c4ccccc4)N=C3C)c2C)c1. The first-order chi connectivity index (χ1) is 15.4. The van der Waals surface area contributed by atoms with Crippen molar-refractivity contribution in [2.24, 2.45) is 5.10 Å². The largest absolute Gasteiger partial charge is 0.462 e. The molecule has 0 atom stereocenters. The van der Waals surface area contributed by atoms with Crippen molar-refractivity contribution in [1.29, 1.82) is 0 Å². The number of hydrogen-bond acceptors (Lipinski definition) is 4. The van der Waals surface area contributed by atoms with Gasteiger partial charge in [0.2, 0.25) is 0 Å². The fourth-order valence-corrected chi connectivity index (χ4v) is 3.90. The molecule has 0 spiro atoms. The van der Waals surface area contributed by atoms with Crippen LogP contribution in [-0.2, 0) is 9.53 Å². The lowest BCUT2D eigenvalue weighted by atomic mass is 10.1. The van der Waals surface area contributed by atoms with Gasteiger partial charge in [0, 0.05) is 17.1 Å². The van der Waals surface area contributed by atoms with Crippen molar-refractivity contribution in [2.75, 3.05) is 11.6 Å². The van der Waals surface area contributed by atoms with E-state index in [9.17, 15) is 9.59 Å². The van der Waals surface area contributed by atoms with E-state index in [2.05, 4.69) is 9.67 Å². The zero-order chi connectivity index (χ0) is 22.8. The lowest BCUT2D eigenvalue weighted by Crippen LogP contribution is -2.21. The van der Waals surface area contributed by atoms with E-state index in [0.29, 0.717) is 23.5 Å². The molecular weight excluding hydrogens is 402 g/mol. The third kappa shape index (κ3) is 3.87. The minimum atomic E-state index is -0.344. The van der Waals surface area contributed by atoms with E-state index < -0.39 is 0 Å². The van der Waals surface area contributed by atoms with Gasteiger partial charge in [0.05, 0.1) is 29.1 Å². The Labute approximate surface area is 187 Å². The van der Waals surface area contributed by atoms with Crippen LogP contribution in [0.5, 0.6) is 0 Å². The number of benzene rings is 2. The molecule has 0 aliphatic carbocycles. The molecule has 4 rings (SSSR count). The highest BCUT2D eigenvalue weighted by atomic mass is 16.5. The van der Waals surface area contributed by atoms with Crippen LogP contribution in [-0.4, -0.2) is 28.8 Å². The molecule has 0 bridgehead atoms. The third-order valence-electron chi connectivity index (χ3n) is 5.45. The van der Waals surface area contributed by atoms with Gasteiger partial charge < -0.3 is 9.30 Å². The van der Waals surface area contributed by atoms with Crippen LogP contribution in [0, 0.1) is 13.8 Å². The number of carbonyl (C=O) groups is 2. The summed E-state index contributed by atoms with van der Waals surface area (Å²) >= 11 is 0. The number of para-hydroxylation sites is 1. The Hall–Kier alpha value is -3.93. The standard InChI is InChI=1S/C26H25N3O3/c1-5-32-26(31)20-10-9-13-23(15-20)28-17(2)14-21(19(28)4)16-24-18(3)27-29(25(24)30)22-11-7-6-8-12-22/h6-16H,5H2,1-4H3. The molecule has 6 heteroatoms. The van der Waals surface area contributed by atoms with Crippen molar-refractivity contribution < 1.29 is 14.3 Å². The Bertz CT molecular complexity index is 1250. The average molecular weight is 428 g/mol. The lowest BCUT2D eigenvalue weighted by Gasteiger charge is -2.12. The zero-order valence-corrected chi connectivity index (χ0v) is 18.6. The van der Waals surface area contributed by atoms with Gasteiger partial charge in [0.25, 0.3) is 5.91 Å². The predicted octanol–water partition coefficient (Wildman–Crippen LogP) is 5.08. The molecule has 1 aliphatic rings. The van der Waals surface area contributed by atoms with Gasteiger partial charge in [-0.2, -0.15) is 10.1 Å². The van der Waals surface area contributed by atoms with Crippen LogP contribution in [0.15, 0.2) is 71.3 Å². The monoisotopic (exact) mass is 427 g/mol. The number of nitrogens with zero attached hydrogens (tertiary/aromatic N) is 3. The number of amides is 1. The number of esters is 1. The van der Waals surface area contributed by atoms with Gasteiger partial charge >= 0.3 is 5.97 Å². The summed E-state index contributed by atoms with van der Waals surface area (Å²) in [5.74, 6) is -0.494. The van der Waals surface area contributed by atoms with Crippen LogP contribution in [0.2, 0.25) is 0 Å². The predicted molar refractivity (Wildman–Crippen MR) is 126 cm³/mol. The maximum absolute atomic E-state index is 13.1. The normalized spacial score (nSPS) is 14.8. The van der Waals surface area contributed by atoms with Crippen molar-refractivity contribution in [3.8, 4) is 5.69 Å². The molecule has 1 amide bonds. The van der Waals surface area contributed by atoms with E-state index in [0.717, 1.165) is 28.3 Å². The van der Waals surface area contributed by atoms with E-state index in [4.69, 9.17) is 4.74 Å². The highest BCUT2D eigenvalue weighted by molar-refractivity contribution is 6.32. The molecule has 1 aromatic heterocycles. The summed E-state index contributed by atoms with van der Waals surface area (Å²) in [6, 6.07) is 18.8. The number of hydrogen-bond donors (Lipinski definition) is 0. The molecule has 1 aliphatic heterocycles. The first-order valence-corrected chi connectivity index (χ1v) is 10.5. The molecule has 2 aromatic carbocycles. The molecule has 0 saturated carbocycles. The summed E-state index contributed by atoms with van der Waals surface area (Å²) in [6.45, 7) is 7.96. The molecule has 3 aromatic rings. The van der Waals surface area contributed by atoms with Crippen molar-refractivity contribution >= 4 is 29.4 Å². The van der Waals surface area contributed by atoms with Gasteiger partial charge in [-0.25, -0.2) is 4.79 Å². The number of aryl methyl sites for hydroxylation is 1. The van der Waals surface area contributed by atoms with Gasteiger partial charge in [0.1, 0.15) is 0 Å². The quantitative estimate of drug-likeness (QED) is 0.421. The van der Waals surface area contributed by atoms with E-state index in [1.54, 1.807) is 13.0 Å². The molecule has 162 valence electrons. The number of ether oxygens (including phenoxy) is 1. The van der Waals surface area contributed by atoms with E-state index >= 15 is 0 Å². The minimum Gasteiger partial charge on any atom is -0.462 e. The molecular formula is C26H25N3O3. The first kappa shape index (κ1) is 21.3. The van der Waals surface area contributed by atoms with Gasteiger partial charge in [-0.15, -0.1) is 0 Å². The van der Waals surface area contributed by atoms with Crippen LogP contribution in [0.25, 0.3) is 11.8 Å². The first-order valence-electron chi connectivity index (χ1n) is 10.5.